The summed E-state index contributed by atoms with van der Waals surface area (Å²) in [6, 6.07) is 7.97. The Morgan fingerprint density at radius 3 is 2.62 bits per heavy atom. The van der Waals surface area contributed by atoms with Crippen LogP contribution in [0.4, 0.5) is 5.69 Å². The third kappa shape index (κ3) is 4.98. The summed E-state index contributed by atoms with van der Waals surface area (Å²) in [5.41, 5.74) is 2.30. The number of nitrogens with one attached hydrogen (secondary N) is 2. The van der Waals surface area contributed by atoms with Gasteiger partial charge in [0.15, 0.2) is 0 Å². The van der Waals surface area contributed by atoms with Crippen molar-refractivity contribution in [3.63, 3.8) is 0 Å². The summed E-state index contributed by atoms with van der Waals surface area (Å²) in [4.78, 5) is 0. The van der Waals surface area contributed by atoms with E-state index in [0.29, 0.717) is 13.0 Å². The number of hydrogen-bond donors (Lipinski definition) is 2. The molecule has 2 rings (SSSR count). The number of rotatable bonds is 7. The number of hydrogen-bond acceptors (Lipinski definition) is 5. The molecule has 0 amide bonds. The van der Waals surface area contributed by atoms with Crippen molar-refractivity contribution in [2.75, 3.05) is 36.2 Å². The fraction of sp³-hybridized carbons (Fsp3) is 0.538. The van der Waals surface area contributed by atoms with E-state index in [1.165, 1.54) is 5.56 Å². The third-order valence-electron chi connectivity index (χ3n) is 3.48. The molecular weight excluding hydrogens is 312 g/mol. The van der Waals surface area contributed by atoms with E-state index < -0.39 is 19.9 Å². The molecule has 0 fully saturated rings. The second-order valence-corrected chi connectivity index (χ2v) is 9.48. The molecule has 1 aliphatic rings. The van der Waals surface area contributed by atoms with Gasteiger partial charge in [-0.2, -0.15) is 0 Å². The van der Waals surface area contributed by atoms with Crippen molar-refractivity contribution < 1.29 is 16.8 Å². The molecule has 0 radical (unpaired) electrons. The highest BCUT2D eigenvalue weighted by Crippen LogP contribution is 2.32. The van der Waals surface area contributed by atoms with Gasteiger partial charge >= 0.3 is 0 Å². The molecule has 2 N–H and O–H groups in total. The fourth-order valence-corrected chi connectivity index (χ4v) is 5.00. The maximum absolute atomic E-state index is 11.7. The van der Waals surface area contributed by atoms with Crippen molar-refractivity contribution in [3.8, 4) is 0 Å². The molecule has 0 aliphatic carbocycles. The summed E-state index contributed by atoms with van der Waals surface area (Å²) < 4.78 is 47.9. The predicted octanol–water partition coefficient (Wildman–Crippen LogP) is 0.550. The van der Waals surface area contributed by atoms with Crippen LogP contribution in [0.25, 0.3) is 0 Å². The summed E-state index contributed by atoms with van der Waals surface area (Å²) in [6.45, 7) is 1.11. The molecule has 0 bridgehead atoms. The van der Waals surface area contributed by atoms with E-state index in [4.69, 9.17) is 0 Å². The van der Waals surface area contributed by atoms with Gasteiger partial charge in [-0.05, 0) is 18.1 Å². The highest BCUT2D eigenvalue weighted by Gasteiger charge is 2.22. The second kappa shape index (κ2) is 6.33. The van der Waals surface area contributed by atoms with Crippen LogP contribution in [0.2, 0.25) is 0 Å². The number of anilines is 1. The van der Waals surface area contributed by atoms with E-state index in [-0.39, 0.29) is 17.4 Å². The number of fused-ring (bicyclic) bond motifs is 1. The molecule has 0 spiro atoms. The summed E-state index contributed by atoms with van der Waals surface area (Å²) in [7, 11) is -6.80. The first-order chi connectivity index (χ1) is 9.77. The van der Waals surface area contributed by atoms with E-state index in [0.717, 1.165) is 18.5 Å². The van der Waals surface area contributed by atoms with Gasteiger partial charge in [0.2, 0.25) is 10.0 Å². The van der Waals surface area contributed by atoms with Gasteiger partial charge in [0.1, 0.15) is 9.84 Å². The average molecular weight is 332 g/mol. The minimum absolute atomic E-state index is 0.277. The van der Waals surface area contributed by atoms with Crippen LogP contribution in [0.15, 0.2) is 24.3 Å². The highest BCUT2D eigenvalue weighted by molar-refractivity contribution is 7.93. The van der Waals surface area contributed by atoms with Gasteiger partial charge in [-0.1, -0.05) is 18.2 Å². The van der Waals surface area contributed by atoms with Crippen molar-refractivity contribution in [1.82, 2.24) is 4.72 Å². The largest absolute Gasteiger partial charge is 0.384 e. The van der Waals surface area contributed by atoms with Crippen molar-refractivity contribution in [3.05, 3.63) is 29.8 Å². The molecule has 6 nitrogen and oxygen atoms in total. The Balaban J connectivity index is 1.82. The van der Waals surface area contributed by atoms with Crippen molar-refractivity contribution >= 4 is 25.5 Å². The standard InChI is InChI=1S/C13H20N2O4S2/c1-20(16,17)8-9-21(18,19)15-7-6-11-10-14-13-5-3-2-4-12(11)13/h2-5,11,14-15H,6-10H2,1H3. The van der Waals surface area contributed by atoms with Gasteiger partial charge < -0.3 is 5.32 Å². The van der Waals surface area contributed by atoms with Gasteiger partial charge in [0.05, 0.1) is 11.5 Å². The Morgan fingerprint density at radius 2 is 1.90 bits per heavy atom. The Hall–Kier alpha value is -1.12. The molecule has 8 heteroatoms. The SMILES string of the molecule is CS(=O)(=O)CCS(=O)(=O)NCCC1CNc2ccccc21. The van der Waals surface area contributed by atoms with Crippen LogP contribution in [0.5, 0.6) is 0 Å². The van der Waals surface area contributed by atoms with E-state index >= 15 is 0 Å². The Morgan fingerprint density at radius 1 is 1.19 bits per heavy atom. The molecule has 0 aromatic heterocycles. The van der Waals surface area contributed by atoms with Crippen LogP contribution < -0.4 is 10.0 Å². The Labute approximate surface area is 125 Å². The zero-order chi connectivity index (χ0) is 15.5. The van der Waals surface area contributed by atoms with Crippen LogP contribution in [0.3, 0.4) is 0 Å². The topological polar surface area (TPSA) is 92.3 Å². The van der Waals surface area contributed by atoms with Crippen LogP contribution in [0.1, 0.15) is 17.9 Å². The summed E-state index contributed by atoms with van der Waals surface area (Å²) >= 11 is 0. The molecule has 1 aromatic carbocycles. The zero-order valence-corrected chi connectivity index (χ0v) is 13.5. The minimum atomic E-state index is -3.53. The summed E-state index contributed by atoms with van der Waals surface area (Å²) in [5.74, 6) is -0.458. The van der Waals surface area contributed by atoms with E-state index in [2.05, 4.69) is 10.0 Å². The van der Waals surface area contributed by atoms with Crippen LogP contribution in [-0.2, 0) is 19.9 Å². The quantitative estimate of drug-likeness (QED) is 0.761. The van der Waals surface area contributed by atoms with Crippen LogP contribution in [0, 0.1) is 0 Å². The van der Waals surface area contributed by atoms with Crippen LogP contribution >= 0.6 is 0 Å². The van der Waals surface area contributed by atoms with Gasteiger partial charge in [0.25, 0.3) is 0 Å². The Kier molecular flexibility index (Phi) is 4.90. The van der Waals surface area contributed by atoms with Crippen molar-refractivity contribution in [2.24, 2.45) is 0 Å². The van der Waals surface area contributed by atoms with Gasteiger partial charge in [0, 0.05) is 31.0 Å². The normalized spacial score (nSPS) is 18.2. The highest BCUT2D eigenvalue weighted by atomic mass is 32.2. The number of sulfone groups is 1. The molecule has 0 saturated heterocycles. The number of benzene rings is 1. The molecule has 21 heavy (non-hydrogen) atoms. The molecule has 0 saturated carbocycles. The lowest BCUT2D eigenvalue weighted by Crippen LogP contribution is -2.31. The lowest BCUT2D eigenvalue weighted by Gasteiger charge is -2.11. The van der Waals surface area contributed by atoms with E-state index in [1.54, 1.807) is 0 Å². The molecule has 1 aliphatic heterocycles. The number of para-hydroxylation sites is 1. The molecule has 1 heterocycles. The number of sulfonamides is 1. The minimum Gasteiger partial charge on any atom is -0.384 e. The van der Waals surface area contributed by atoms with E-state index in [9.17, 15) is 16.8 Å². The van der Waals surface area contributed by atoms with Gasteiger partial charge in [-0.3, -0.25) is 0 Å². The smallest absolute Gasteiger partial charge is 0.212 e. The van der Waals surface area contributed by atoms with Gasteiger partial charge in [-0.25, -0.2) is 21.6 Å². The molecule has 1 aromatic rings. The summed E-state index contributed by atoms with van der Waals surface area (Å²) in [6.07, 6.45) is 1.71. The Bertz CT molecular complexity index is 699. The average Bonchev–Trinajstić information content (AvgIpc) is 2.80. The monoisotopic (exact) mass is 332 g/mol. The molecule has 118 valence electrons. The maximum Gasteiger partial charge on any atom is 0.212 e. The molecular formula is C13H20N2O4S2. The fourth-order valence-electron chi connectivity index (χ4n) is 2.34. The predicted molar refractivity (Wildman–Crippen MR) is 83.8 cm³/mol. The third-order valence-corrected chi connectivity index (χ3v) is 6.07. The van der Waals surface area contributed by atoms with Crippen molar-refractivity contribution in [2.45, 2.75) is 12.3 Å². The second-order valence-electron chi connectivity index (χ2n) is 5.30. The van der Waals surface area contributed by atoms with E-state index in [1.807, 2.05) is 24.3 Å². The van der Waals surface area contributed by atoms with Crippen LogP contribution in [-0.4, -0.2) is 47.7 Å². The molecule has 1 unspecified atom stereocenters. The first kappa shape index (κ1) is 16.3. The lowest BCUT2D eigenvalue weighted by molar-refractivity contribution is 0.571. The summed E-state index contributed by atoms with van der Waals surface area (Å²) in [5, 5.41) is 3.29. The van der Waals surface area contributed by atoms with Gasteiger partial charge in [-0.15, -0.1) is 0 Å². The first-order valence-corrected chi connectivity index (χ1v) is 10.5. The zero-order valence-electron chi connectivity index (χ0n) is 11.9. The molecule has 1 atom stereocenters. The maximum atomic E-state index is 11.7. The first-order valence-electron chi connectivity index (χ1n) is 6.75. The lowest BCUT2D eigenvalue weighted by atomic mass is 9.98. The van der Waals surface area contributed by atoms with Crippen molar-refractivity contribution in [1.29, 1.82) is 0 Å².